The molecule has 0 unspecified atom stereocenters. The Hall–Kier alpha value is -4.44. The van der Waals surface area contributed by atoms with Gasteiger partial charge in [0.15, 0.2) is 0 Å². The highest BCUT2D eigenvalue weighted by molar-refractivity contribution is 6.31. The van der Waals surface area contributed by atoms with E-state index in [0.29, 0.717) is 0 Å². The quantitative estimate of drug-likeness (QED) is 0.374. The summed E-state index contributed by atoms with van der Waals surface area (Å²) in [6, 6.07) is 10.7. The number of pyridine rings is 2. The highest BCUT2D eigenvalue weighted by Crippen LogP contribution is 2.24. The Bertz CT molecular complexity index is 1590. The lowest BCUT2D eigenvalue weighted by molar-refractivity contribution is 0.0693. The molecule has 9 nitrogen and oxygen atoms in total. The monoisotopic (exact) mass is 497 g/mol. The Labute approximate surface area is 201 Å². The molecule has 0 bridgehead atoms. The number of carbonyl (C=O) groups is 2. The second kappa shape index (κ2) is 9.43. The Morgan fingerprint density at radius 3 is 2.60 bits per heavy atom. The predicted molar refractivity (Wildman–Crippen MR) is 127 cm³/mol. The van der Waals surface area contributed by atoms with Crippen molar-refractivity contribution in [3.8, 4) is 5.75 Å². The average molecular weight is 498 g/mol. The molecular formula is C24H17ClFN3O6. The third-order valence-electron chi connectivity index (χ3n) is 5.29. The molecule has 35 heavy (non-hydrogen) atoms. The number of hydrogen-bond acceptors (Lipinski definition) is 5. The van der Waals surface area contributed by atoms with Gasteiger partial charge in [-0.25, -0.2) is 9.18 Å². The van der Waals surface area contributed by atoms with Crippen molar-refractivity contribution in [1.29, 1.82) is 0 Å². The topological polar surface area (TPSA) is 130 Å². The van der Waals surface area contributed by atoms with Crippen molar-refractivity contribution in [3.05, 3.63) is 103 Å². The van der Waals surface area contributed by atoms with Crippen molar-refractivity contribution in [1.82, 2.24) is 9.55 Å². The first kappa shape index (κ1) is 23.7. The van der Waals surface area contributed by atoms with E-state index in [1.807, 2.05) is 0 Å². The molecule has 3 N–H and O–H groups in total. The molecule has 0 aliphatic rings. The van der Waals surface area contributed by atoms with E-state index in [9.17, 15) is 28.7 Å². The number of carboxylic acid groups (broad SMARTS) is 1. The van der Waals surface area contributed by atoms with Crippen molar-refractivity contribution >= 4 is 40.2 Å². The van der Waals surface area contributed by atoms with Gasteiger partial charge in [0.05, 0.1) is 19.2 Å². The first-order valence-corrected chi connectivity index (χ1v) is 10.5. The molecule has 1 amide bonds. The van der Waals surface area contributed by atoms with E-state index < -0.39 is 28.7 Å². The normalized spacial score (nSPS) is 10.8. The third kappa shape index (κ3) is 4.64. The summed E-state index contributed by atoms with van der Waals surface area (Å²) < 4.78 is 20.9. The molecule has 0 fully saturated rings. The number of anilines is 1. The van der Waals surface area contributed by atoms with Gasteiger partial charge in [-0.3, -0.25) is 14.4 Å². The fourth-order valence-electron chi connectivity index (χ4n) is 3.59. The molecule has 4 aromatic rings. The molecule has 11 heteroatoms. The minimum Gasteiger partial charge on any atom is -0.496 e. The van der Waals surface area contributed by atoms with Crippen LogP contribution >= 0.6 is 11.6 Å². The summed E-state index contributed by atoms with van der Waals surface area (Å²) in [6.45, 7) is -0.129. The van der Waals surface area contributed by atoms with Gasteiger partial charge >= 0.3 is 5.97 Å². The zero-order chi connectivity index (χ0) is 25.3. The highest BCUT2D eigenvalue weighted by Gasteiger charge is 2.19. The number of hydrogen-bond donors (Lipinski definition) is 3. The molecule has 2 heterocycles. The standard InChI is InChI=1S/C24H17ClFN3O6/c1-35-19-9-12(5-6-13(19)24(33)34)27-23(32)15-11-29(10-14-16(25)3-2-4-17(14)26)18-7-8-20(30)28-21(18)22(15)31/h2-9,11H,10H2,1H3,(H,27,32)(H,28,30)(H,33,34). The number of nitrogens with one attached hydrogen (secondary N) is 2. The maximum atomic E-state index is 14.4. The number of aromatic carboxylic acids is 1. The number of nitrogens with zero attached hydrogens (tertiary/aromatic N) is 1. The fraction of sp³-hybridized carbons (Fsp3) is 0.0833. The van der Waals surface area contributed by atoms with Crippen LogP contribution in [0.3, 0.4) is 0 Å². The van der Waals surface area contributed by atoms with Gasteiger partial charge in [0.1, 0.15) is 28.2 Å². The van der Waals surface area contributed by atoms with Crippen LogP contribution in [0.4, 0.5) is 10.1 Å². The van der Waals surface area contributed by atoms with Gasteiger partial charge in [-0.15, -0.1) is 0 Å². The Kier molecular flexibility index (Phi) is 6.39. The number of benzene rings is 2. The number of aromatic amines is 1. The molecule has 0 atom stereocenters. The zero-order valence-electron chi connectivity index (χ0n) is 18.1. The maximum Gasteiger partial charge on any atom is 0.339 e. The molecule has 2 aromatic heterocycles. The fourth-order valence-corrected chi connectivity index (χ4v) is 3.81. The molecule has 0 saturated carbocycles. The molecule has 0 aliphatic heterocycles. The number of carbonyl (C=O) groups excluding carboxylic acids is 1. The van der Waals surface area contributed by atoms with Crippen LogP contribution in [-0.2, 0) is 6.54 Å². The number of H-pyrrole nitrogens is 1. The van der Waals surface area contributed by atoms with E-state index in [2.05, 4.69) is 10.3 Å². The average Bonchev–Trinajstić information content (AvgIpc) is 2.82. The predicted octanol–water partition coefficient (Wildman–Crippen LogP) is 3.49. The van der Waals surface area contributed by atoms with Crippen molar-refractivity contribution < 1.29 is 23.8 Å². The van der Waals surface area contributed by atoms with E-state index in [-0.39, 0.29) is 50.7 Å². The second-order valence-corrected chi connectivity index (χ2v) is 7.86. The van der Waals surface area contributed by atoms with Gasteiger partial charge in [-0.05, 0) is 30.3 Å². The smallest absolute Gasteiger partial charge is 0.339 e. The largest absolute Gasteiger partial charge is 0.496 e. The molecule has 4 rings (SSSR count). The number of halogens is 2. The van der Waals surface area contributed by atoms with Crippen molar-refractivity contribution in [2.75, 3.05) is 12.4 Å². The molecule has 0 aliphatic carbocycles. The second-order valence-electron chi connectivity index (χ2n) is 7.46. The van der Waals surface area contributed by atoms with Crippen LogP contribution in [-0.4, -0.2) is 33.6 Å². The first-order chi connectivity index (χ1) is 16.7. The van der Waals surface area contributed by atoms with E-state index >= 15 is 0 Å². The molecule has 0 radical (unpaired) electrons. The van der Waals surface area contributed by atoms with Crippen LogP contribution in [0.15, 0.2) is 64.3 Å². The van der Waals surface area contributed by atoms with E-state index in [4.69, 9.17) is 16.3 Å². The minimum atomic E-state index is -1.21. The number of fused-ring (bicyclic) bond motifs is 1. The molecular weight excluding hydrogens is 481 g/mol. The van der Waals surface area contributed by atoms with Crippen LogP contribution < -0.4 is 21.0 Å². The van der Waals surface area contributed by atoms with Crippen LogP contribution in [0.25, 0.3) is 11.0 Å². The number of amides is 1. The summed E-state index contributed by atoms with van der Waals surface area (Å²) in [5.41, 5.74) is -1.34. The first-order valence-electron chi connectivity index (χ1n) is 10.1. The zero-order valence-corrected chi connectivity index (χ0v) is 18.9. The summed E-state index contributed by atoms with van der Waals surface area (Å²) in [4.78, 5) is 51.7. The summed E-state index contributed by atoms with van der Waals surface area (Å²) in [7, 11) is 1.28. The number of methoxy groups -OCH3 is 1. The summed E-state index contributed by atoms with van der Waals surface area (Å²) in [5, 5.41) is 11.9. The van der Waals surface area contributed by atoms with E-state index in [1.54, 1.807) is 0 Å². The lowest BCUT2D eigenvalue weighted by Gasteiger charge is -2.15. The number of carboxylic acids is 1. The number of rotatable bonds is 6. The van der Waals surface area contributed by atoms with Crippen molar-refractivity contribution in [2.45, 2.75) is 6.54 Å². The van der Waals surface area contributed by atoms with Gasteiger partial charge < -0.3 is 24.7 Å². The molecule has 0 saturated heterocycles. The molecule has 178 valence electrons. The highest BCUT2D eigenvalue weighted by atomic mass is 35.5. The minimum absolute atomic E-state index is 0.00440. The van der Waals surface area contributed by atoms with Crippen LogP contribution in [0.2, 0.25) is 5.02 Å². The number of ether oxygens (including phenoxy) is 1. The van der Waals surface area contributed by atoms with Crippen molar-refractivity contribution in [2.24, 2.45) is 0 Å². The summed E-state index contributed by atoms with van der Waals surface area (Å²) in [6.07, 6.45) is 1.24. The Morgan fingerprint density at radius 1 is 1.14 bits per heavy atom. The lowest BCUT2D eigenvalue weighted by atomic mass is 10.1. The SMILES string of the molecule is COc1cc(NC(=O)c2cn(Cc3c(F)cccc3Cl)c3ccc(=O)[nH]c3c2=O)ccc1C(=O)O. The molecule has 2 aromatic carbocycles. The van der Waals surface area contributed by atoms with Crippen molar-refractivity contribution in [3.63, 3.8) is 0 Å². The molecule has 0 spiro atoms. The Balaban J connectivity index is 1.81. The Morgan fingerprint density at radius 2 is 1.91 bits per heavy atom. The van der Waals surface area contributed by atoms with Gasteiger partial charge in [0.2, 0.25) is 11.0 Å². The van der Waals surface area contributed by atoms with Crippen LogP contribution in [0.5, 0.6) is 5.75 Å². The van der Waals surface area contributed by atoms with E-state index in [0.717, 1.165) is 0 Å². The maximum absolute atomic E-state index is 14.4. The third-order valence-corrected chi connectivity index (χ3v) is 5.64. The van der Waals surface area contributed by atoms with Crippen LogP contribution in [0.1, 0.15) is 26.3 Å². The summed E-state index contributed by atoms with van der Waals surface area (Å²) in [5.74, 6) is -2.62. The van der Waals surface area contributed by atoms with E-state index in [1.165, 1.54) is 66.4 Å². The number of aromatic nitrogens is 2. The lowest BCUT2D eigenvalue weighted by Crippen LogP contribution is -2.26. The van der Waals surface area contributed by atoms with Gasteiger partial charge in [-0.2, -0.15) is 0 Å². The summed E-state index contributed by atoms with van der Waals surface area (Å²) >= 11 is 6.15. The van der Waals surface area contributed by atoms with Gasteiger partial charge in [0.25, 0.3) is 5.91 Å². The van der Waals surface area contributed by atoms with Gasteiger partial charge in [-0.1, -0.05) is 17.7 Å². The van der Waals surface area contributed by atoms with Gasteiger partial charge in [0, 0.05) is 34.6 Å². The van der Waals surface area contributed by atoms with Crippen LogP contribution in [0, 0.1) is 5.82 Å².